The Balaban J connectivity index is 1.76. The first-order valence-corrected chi connectivity index (χ1v) is 7.71. The summed E-state index contributed by atoms with van der Waals surface area (Å²) in [4.78, 5) is 7.00. The number of nitrogens with zero attached hydrogens (tertiary/aromatic N) is 3. The Bertz CT molecular complexity index is 412. The third-order valence-electron chi connectivity index (χ3n) is 3.84. The lowest BCUT2D eigenvalue weighted by Gasteiger charge is -2.30. The van der Waals surface area contributed by atoms with Gasteiger partial charge in [-0.25, -0.2) is 0 Å². The highest BCUT2D eigenvalue weighted by Gasteiger charge is 2.35. The molecule has 5 nitrogen and oxygen atoms in total. The molecule has 0 bridgehead atoms. The van der Waals surface area contributed by atoms with Crippen molar-refractivity contribution < 1.29 is 0 Å². The van der Waals surface area contributed by atoms with Crippen LogP contribution in [0.25, 0.3) is 0 Å². The van der Waals surface area contributed by atoms with Gasteiger partial charge in [-0.15, -0.1) is 16.9 Å². The first kappa shape index (κ1) is 12.3. The number of piperazine rings is 1. The molecule has 0 radical (unpaired) electrons. The van der Waals surface area contributed by atoms with Crippen molar-refractivity contribution in [2.45, 2.75) is 37.5 Å². The number of aromatic amines is 1. The van der Waals surface area contributed by atoms with E-state index in [9.17, 15) is 0 Å². The van der Waals surface area contributed by atoms with Crippen molar-refractivity contribution in [2.75, 3.05) is 30.3 Å². The van der Waals surface area contributed by atoms with Crippen molar-refractivity contribution >= 4 is 17.7 Å². The molecule has 0 amide bonds. The molecule has 3 heterocycles. The quantitative estimate of drug-likeness (QED) is 0.847. The summed E-state index contributed by atoms with van der Waals surface area (Å²) in [7, 11) is 0. The lowest BCUT2D eigenvalue weighted by atomic mass is 10.1. The van der Waals surface area contributed by atoms with Gasteiger partial charge in [0.05, 0.1) is 4.75 Å². The summed E-state index contributed by atoms with van der Waals surface area (Å²) in [5, 5.41) is 11.0. The summed E-state index contributed by atoms with van der Waals surface area (Å²) >= 11 is 1.99. The normalized spacial score (nSPS) is 33.0. The molecule has 0 spiro atoms. The van der Waals surface area contributed by atoms with Gasteiger partial charge in [0.2, 0.25) is 5.95 Å². The molecule has 100 valence electrons. The molecule has 18 heavy (non-hydrogen) atoms. The van der Waals surface area contributed by atoms with E-state index in [1.165, 1.54) is 18.6 Å². The van der Waals surface area contributed by atoms with Crippen molar-refractivity contribution in [1.29, 1.82) is 0 Å². The van der Waals surface area contributed by atoms with Gasteiger partial charge in [-0.1, -0.05) is 0 Å². The van der Waals surface area contributed by atoms with Crippen LogP contribution in [-0.2, 0) is 4.75 Å². The predicted molar refractivity (Wildman–Crippen MR) is 75.1 cm³/mol. The minimum Gasteiger partial charge on any atom is -0.337 e. The fourth-order valence-electron chi connectivity index (χ4n) is 2.71. The topological polar surface area (TPSA) is 56.8 Å². The zero-order valence-electron chi connectivity index (χ0n) is 11.1. The molecule has 2 fully saturated rings. The van der Waals surface area contributed by atoms with Crippen molar-refractivity contribution in [1.82, 2.24) is 20.5 Å². The molecule has 2 saturated heterocycles. The summed E-state index contributed by atoms with van der Waals surface area (Å²) in [6, 6.07) is 0.511. The van der Waals surface area contributed by atoms with E-state index in [-0.39, 0.29) is 4.75 Å². The second-order valence-corrected chi connectivity index (χ2v) is 7.07. The van der Waals surface area contributed by atoms with Crippen LogP contribution in [0.4, 0.5) is 5.95 Å². The van der Waals surface area contributed by atoms with Gasteiger partial charge in [0, 0.05) is 25.7 Å². The zero-order valence-corrected chi connectivity index (χ0v) is 11.9. The van der Waals surface area contributed by atoms with Crippen LogP contribution in [0.3, 0.4) is 0 Å². The molecule has 1 unspecified atom stereocenters. The van der Waals surface area contributed by atoms with E-state index in [4.69, 9.17) is 4.98 Å². The lowest BCUT2D eigenvalue weighted by molar-refractivity contribution is 0.479. The number of hydrogen-bond donors (Lipinski definition) is 2. The number of H-pyrrole nitrogens is 1. The minimum atomic E-state index is 0.144. The van der Waals surface area contributed by atoms with E-state index in [0.29, 0.717) is 6.04 Å². The van der Waals surface area contributed by atoms with Gasteiger partial charge in [0.25, 0.3) is 0 Å². The molecule has 0 aromatic carbocycles. The molecule has 2 aliphatic heterocycles. The SMILES string of the molecule is C[C@@H]1CN(c2n[nH]c(C3(C)CCCS3)n2)CCN1. The molecule has 1 aromatic heterocycles. The van der Waals surface area contributed by atoms with Crippen LogP contribution in [0.1, 0.15) is 32.5 Å². The largest absolute Gasteiger partial charge is 0.337 e. The summed E-state index contributed by atoms with van der Waals surface area (Å²) in [5.74, 6) is 3.15. The van der Waals surface area contributed by atoms with E-state index in [1.807, 2.05) is 11.8 Å². The van der Waals surface area contributed by atoms with Crippen LogP contribution < -0.4 is 10.2 Å². The zero-order chi connectivity index (χ0) is 12.6. The number of thioether (sulfide) groups is 1. The fourth-order valence-corrected chi connectivity index (χ4v) is 3.97. The van der Waals surface area contributed by atoms with Gasteiger partial charge >= 0.3 is 0 Å². The maximum atomic E-state index is 4.73. The fraction of sp³-hybridized carbons (Fsp3) is 0.833. The van der Waals surface area contributed by atoms with E-state index in [1.54, 1.807) is 0 Å². The minimum absolute atomic E-state index is 0.144. The van der Waals surface area contributed by atoms with E-state index in [2.05, 4.69) is 34.3 Å². The number of anilines is 1. The number of nitrogens with one attached hydrogen (secondary N) is 2. The van der Waals surface area contributed by atoms with Crippen LogP contribution >= 0.6 is 11.8 Å². The van der Waals surface area contributed by atoms with Gasteiger partial charge in [0.15, 0.2) is 0 Å². The highest BCUT2D eigenvalue weighted by Crippen LogP contribution is 2.44. The van der Waals surface area contributed by atoms with Crippen LogP contribution in [-0.4, -0.2) is 46.6 Å². The summed E-state index contributed by atoms with van der Waals surface area (Å²) in [6.45, 7) is 7.47. The van der Waals surface area contributed by atoms with Gasteiger partial charge in [-0.3, -0.25) is 5.10 Å². The second kappa shape index (κ2) is 4.74. The average Bonchev–Trinajstić information content (AvgIpc) is 2.98. The summed E-state index contributed by atoms with van der Waals surface area (Å²) in [5.41, 5.74) is 0. The molecule has 0 aliphatic carbocycles. The van der Waals surface area contributed by atoms with Crippen molar-refractivity contribution in [3.63, 3.8) is 0 Å². The Morgan fingerprint density at radius 3 is 3.11 bits per heavy atom. The Morgan fingerprint density at radius 1 is 1.50 bits per heavy atom. The maximum Gasteiger partial charge on any atom is 0.244 e. The lowest BCUT2D eigenvalue weighted by Crippen LogP contribution is -2.49. The van der Waals surface area contributed by atoms with Crippen molar-refractivity contribution in [3.05, 3.63) is 5.82 Å². The van der Waals surface area contributed by atoms with Crippen LogP contribution in [0.15, 0.2) is 0 Å². The van der Waals surface area contributed by atoms with E-state index < -0.39 is 0 Å². The van der Waals surface area contributed by atoms with Crippen LogP contribution in [0, 0.1) is 0 Å². The predicted octanol–water partition coefficient (Wildman–Crippen LogP) is 1.34. The number of hydrogen-bond acceptors (Lipinski definition) is 5. The molecule has 2 aliphatic rings. The summed E-state index contributed by atoms with van der Waals surface area (Å²) < 4.78 is 0.144. The average molecular weight is 267 g/mol. The van der Waals surface area contributed by atoms with Gasteiger partial charge in [0.1, 0.15) is 5.82 Å². The van der Waals surface area contributed by atoms with E-state index >= 15 is 0 Å². The Labute approximate surface area is 112 Å². The standard InChI is InChI=1S/C12H21N5S/c1-9-8-17(6-5-13-9)11-14-10(15-16-11)12(2)4-3-7-18-12/h9,13H,3-8H2,1-2H3,(H,14,15,16)/t9-,12?/m1/s1. The Kier molecular flexibility index (Phi) is 3.23. The third-order valence-corrected chi connectivity index (χ3v) is 5.37. The van der Waals surface area contributed by atoms with Crippen molar-refractivity contribution in [3.8, 4) is 0 Å². The number of rotatable bonds is 2. The number of aromatic nitrogens is 3. The van der Waals surface area contributed by atoms with Gasteiger partial charge < -0.3 is 10.2 Å². The smallest absolute Gasteiger partial charge is 0.244 e. The van der Waals surface area contributed by atoms with Crippen LogP contribution in [0.2, 0.25) is 0 Å². The Morgan fingerprint density at radius 2 is 2.39 bits per heavy atom. The first-order valence-electron chi connectivity index (χ1n) is 6.72. The first-order chi connectivity index (χ1) is 8.67. The molecule has 6 heteroatoms. The van der Waals surface area contributed by atoms with Gasteiger partial charge in [-0.2, -0.15) is 4.98 Å². The molecule has 3 rings (SSSR count). The Hall–Kier alpha value is -0.750. The molecule has 0 saturated carbocycles. The summed E-state index contributed by atoms with van der Waals surface area (Å²) in [6.07, 6.45) is 2.48. The van der Waals surface area contributed by atoms with Gasteiger partial charge in [-0.05, 0) is 32.4 Å². The van der Waals surface area contributed by atoms with Crippen molar-refractivity contribution in [2.24, 2.45) is 0 Å². The second-order valence-electron chi connectivity index (χ2n) is 5.47. The molecular weight excluding hydrogens is 246 g/mol. The highest BCUT2D eigenvalue weighted by molar-refractivity contribution is 8.00. The molecular formula is C12H21N5S. The monoisotopic (exact) mass is 267 g/mol. The molecule has 2 atom stereocenters. The molecule has 2 N–H and O–H groups in total. The highest BCUT2D eigenvalue weighted by atomic mass is 32.2. The van der Waals surface area contributed by atoms with E-state index in [0.717, 1.165) is 31.4 Å². The van der Waals surface area contributed by atoms with Crippen LogP contribution in [0.5, 0.6) is 0 Å². The third kappa shape index (κ3) is 2.23. The molecule has 1 aromatic rings. The maximum absolute atomic E-state index is 4.73.